The van der Waals surface area contributed by atoms with E-state index in [9.17, 15) is 0 Å². The van der Waals surface area contributed by atoms with Crippen molar-refractivity contribution >= 4 is 43.2 Å². The molecule has 1 fully saturated rings. The lowest BCUT2D eigenvalue weighted by atomic mass is 9.78. The number of hydrogen-bond acceptors (Lipinski definition) is 1. The van der Waals surface area contributed by atoms with E-state index in [-0.39, 0.29) is 0 Å². The molecule has 0 nitrogen and oxygen atoms in total. The highest BCUT2D eigenvalue weighted by atomic mass is 79.9. The molecule has 0 radical (unpaired) electrons. The monoisotopic (exact) mass is 392 g/mol. The Morgan fingerprint density at radius 2 is 2.06 bits per heavy atom. The first-order valence-corrected chi connectivity index (χ1v) is 9.68. The van der Waals surface area contributed by atoms with Crippen LogP contribution in [0.5, 0.6) is 0 Å². The Balaban J connectivity index is 1.84. The molecule has 18 heavy (non-hydrogen) atoms. The maximum atomic E-state index is 3.93. The van der Waals surface area contributed by atoms with Gasteiger partial charge in [-0.1, -0.05) is 55.0 Å². The van der Waals surface area contributed by atoms with E-state index in [1.54, 1.807) is 0 Å². The Labute approximate surface area is 132 Å². The minimum atomic E-state index is 0.555. The van der Waals surface area contributed by atoms with Gasteiger partial charge in [0.25, 0.3) is 0 Å². The van der Waals surface area contributed by atoms with E-state index >= 15 is 0 Å². The molecule has 0 saturated heterocycles. The van der Waals surface area contributed by atoms with E-state index in [0.29, 0.717) is 4.83 Å². The van der Waals surface area contributed by atoms with Crippen LogP contribution in [-0.2, 0) is 0 Å². The molecule has 0 bridgehead atoms. The second kappa shape index (κ2) is 7.44. The third kappa shape index (κ3) is 3.83. The molecule has 1 aromatic heterocycles. The second-order valence-corrected chi connectivity index (χ2v) is 8.25. The Morgan fingerprint density at radius 1 is 1.33 bits per heavy atom. The number of hydrogen-bond donors (Lipinski definition) is 0. The van der Waals surface area contributed by atoms with E-state index in [1.165, 1.54) is 54.3 Å². The van der Waals surface area contributed by atoms with Gasteiger partial charge in [-0.05, 0) is 52.1 Å². The first-order chi connectivity index (χ1) is 8.72. The van der Waals surface area contributed by atoms with Crippen LogP contribution in [-0.4, -0.2) is 0 Å². The molecule has 0 aromatic carbocycles. The summed E-state index contributed by atoms with van der Waals surface area (Å²) in [5.74, 6) is 1.84. The van der Waals surface area contributed by atoms with Crippen molar-refractivity contribution < 1.29 is 0 Å². The van der Waals surface area contributed by atoms with Crippen LogP contribution in [0.4, 0.5) is 0 Å². The van der Waals surface area contributed by atoms with Gasteiger partial charge in [0.05, 0.1) is 4.83 Å². The number of halogens is 2. The average molecular weight is 394 g/mol. The normalized spacial score (nSPS) is 26.2. The number of alkyl halides is 1. The van der Waals surface area contributed by atoms with E-state index in [4.69, 9.17) is 0 Å². The van der Waals surface area contributed by atoms with Gasteiger partial charge in [-0.15, -0.1) is 11.3 Å². The average Bonchev–Trinajstić information content (AvgIpc) is 2.82. The van der Waals surface area contributed by atoms with Crippen LogP contribution in [0.25, 0.3) is 0 Å². The van der Waals surface area contributed by atoms with Crippen molar-refractivity contribution in [2.75, 3.05) is 0 Å². The summed E-state index contributed by atoms with van der Waals surface area (Å²) < 4.78 is 1.28. The molecule has 1 aliphatic rings. The van der Waals surface area contributed by atoms with Crippen LogP contribution in [0.15, 0.2) is 15.9 Å². The van der Waals surface area contributed by atoms with E-state index in [2.05, 4.69) is 50.2 Å². The quantitative estimate of drug-likeness (QED) is 0.475. The Kier molecular flexibility index (Phi) is 6.23. The molecule has 1 aromatic rings. The highest BCUT2D eigenvalue weighted by molar-refractivity contribution is 9.11. The van der Waals surface area contributed by atoms with Gasteiger partial charge < -0.3 is 0 Å². The van der Waals surface area contributed by atoms with E-state index in [0.717, 1.165) is 11.8 Å². The number of rotatable bonds is 5. The summed E-state index contributed by atoms with van der Waals surface area (Å²) in [6.45, 7) is 2.30. The van der Waals surface area contributed by atoms with Gasteiger partial charge >= 0.3 is 0 Å². The fourth-order valence-electron chi connectivity index (χ4n) is 2.98. The summed E-state index contributed by atoms with van der Waals surface area (Å²) in [5.41, 5.74) is 0. The minimum absolute atomic E-state index is 0.555. The van der Waals surface area contributed by atoms with Gasteiger partial charge in [0.1, 0.15) is 0 Å². The van der Waals surface area contributed by atoms with Crippen LogP contribution in [0.1, 0.15) is 61.6 Å². The molecule has 3 heteroatoms. The molecule has 1 atom stereocenters. The number of unbranched alkanes of at least 4 members (excludes halogenated alkanes) is 1. The Bertz CT molecular complexity index is 353. The van der Waals surface area contributed by atoms with Crippen LogP contribution in [0.2, 0.25) is 0 Å². The number of thiophene rings is 1. The molecule has 1 saturated carbocycles. The fraction of sp³-hybridized carbons (Fsp3) is 0.733. The molecule has 1 aliphatic carbocycles. The molecule has 1 unspecified atom stereocenters. The third-order valence-electron chi connectivity index (χ3n) is 4.17. The zero-order chi connectivity index (χ0) is 13.0. The standard InChI is InChI=1S/C15H22Br2S/c1-2-3-4-11-5-7-12(8-6-11)14(17)15-13(16)9-10-18-15/h9-12,14H,2-8H2,1H3. The lowest BCUT2D eigenvalue weighted by molar-refractivity contribution is 0.258. The molecule has 1 heterocycles. The summed E-state index contributed by atoms with van der Waals surface area (Å²) in [6, 6.07) is 2.17. The fourth-order valence-corrected chi connectivity index (χ4v) is 6.07. The second-order valence-electron chi connectivity index (χ2n) is 5.46. The summed E-state index contributed by atoms with van der Waals surface area (Å²) >= 11 is 9.46. The summed E-state index contributed by atoms with van der Waals surface area (Å²) in [4.78, 5) is 2.03. The maximum Gasteiger partial charge on any atom is 0.0528 e. The van der Waals surface area contributed by atoms with E-state index < -0.39 is 0 Å². The highest BCUT2D eigenvalue weighted by Gasteiger charge is 2.28. The summed E-state index contributed by atoms with van der Waals surface area (Å²) in [7, 11) is 0. The first-order valence-electron chi connectivity index (χ1n) is 7.09. The van der Waals surface area contributed by atoms with Crippen LogP contribution in [0, 0.1) is 11.8 Å². The van der Waals surface area contributed by atoms with Gasteiger partial charge in [-0.25, -0.2) is 0 Å². The van der Waals surface area contributed by atoms with Crippen molar-refractivity contribution in [3.63, 3.8) is 0 Å². The molecule has 0 spiro atoms. The summed E-state index contributed by atoms with van der Waals surface area (Å²) in [5, 5.41) is 2.18. The summed E-state index contributed by atoms with van der Waals surface area (Å²) in [6.07, 6.45) is 9.90. The van der Waals surface area contributed by atoms with Gasteiger partial charge in [0, 0.05) is 9.35 Å². The molecule has 0 amide bonds. The Morgan fingerprint density at radius 3 is 2.61 bits per heavy atom. The maximum absolute atomic E-state index is 3.93. The lowest BCUT2D eigenvalue weighted by Crippen LogP contribution is -2.17. The van der Waals surface area contributed by atoms with Gasteiger partial charge in [-0.3, -0.25) is 0 Å². The zero-order valence-corrected chi connectivity index (χ0v) is 15.0. The van der Waals surface area contributed by atoms with Gasteiger partial charge in [-0.2, -0.15) is 0 Å². The molecular formula is C15H22Br2S. The molecule has 102 valence electrons. The van der Waals surface area contributed by atoms with Crippen molar-refractivity contribution in [2.45, 2.75) is 56.7 Å². The van der Waals surface area contributed by atoms with Crippen LogP contribution < -0.4 is 0 Å². The zero-order valence-electron chi connectivity index (χ0n) is 11.0. The van der Waals surface area contributed by atoms with Crippen molar-refractivity contribution in [1.82, 2.24) is 0 Å². The SMILES string of the molecule is CCCCC1CCC(C(Br)c2sccc2Br)CC1. The van der Waals surface area contributed by atoms with Crippen molar-refractivity contribution in [1.29, 1.82) is 0 Å². The molecule has 0 aliphatic heterocycles. The molecular weight excluding hydrogens is 372 g/mol. The van der Waals surface area contributed by atoms with Crippen LogP contribution >= 0.6 is 43.2 Å². The molecule has 0 N–H and O–H groups in total. The van der Waals surface area contributed by atoms with Crippen molar-refractivity contribution in [3.05, 3.63) is 20.8 Å². The predicted molar refractivity (Wildman–Crippen MR) is 88.7 cm³/mol. The van der Waals surface area contributed by atoms with Gasteiger partial charge in [0.15, 0.2) is 0 Å². The van der Waals surface area contributed by atoms with Crippen LogP contribution in [0.3, 0.4) is 0 Å². The minimum Gasteiger partial charge on any atom is -0.147 e. The van der Waals surface area contributed by atoms with E-state index in [1.807, 2.05) is 11.3 Å². The predicted octanol–water partition coefficient (Wildman–Crippen LogP) is 6.94. The van der Waals surface area contributed by atoms with Gasteiger partial charge in [0.2, 0.25) is 0 Å². The Hall–Kier alpha value is 0.660. The highest BCUT2D eigenvalue weighted by Crippen LogP contribution is 2.46. The van der Waals surface area contributed by atoms with Crippen molar-refractivity contribution in [2.24, 2.45) is 11.8 Å². The first kappa shape index (κ1) is 15.1. The third-order valence-corrected chi connectivity index (χ3v) is 7.63. The largest absolute Gasteiger partial charge is 0.147 e. The van der Waals surface area contributed by atoms with Crippen molar-refractivity contribution in [3.8, 4) is 0 Å². The topological polar surface area (TPSA) is 0 Å². The smallest absolute Gasteiger partial charge is 0.0528 e. The molecule has 2 rings (SSSR count). The lowest BCUT2D eigenvalue weighted by Gasteiger charge is -2.31.